The summed E-state index contributed by atoms with van der Waals surface area (Å²) in [6.07, 6.45) is 2.78. The molecular weight excluding hydrogens is 542 g/mol. The zero-order valence-corrected chi connectivity index (χ0v) is 25.1. The molecule has 0 atom stereocenters. The Morgan fingerprint density at radius 1 is 0.721 bits per heavy atom. The maximum Gasteiger partial charge on any atom is 0.412 e. The van der Waals surface area contributed by atoms with Gasteiger partial charge >= 0.3 is 12.1 Å². The number of ether oxygens (including phenoxy) is 1. The number of rotatable bonds is 8. The van der Waals surface area contributed by atoms with Gasteiger partial charge in [0.05, 0.1) is 11.4 Å². The molecular formula is C34H37N5O4. The van der Waals surface area contributed by atoms with Crippen molar-refractivity contribution in [2.75, 3.05) is 16.0 Å². The number of carbonyl (C=O) groups is 3. The van der Waals surface area contributed by atoms with Gasteiger partial charge in [0.1, 0.15) is 5.60 Å². The smallest absolute Gasteiger partial charge is 0.412 e. The second kappa shape index (κ2) is 13.7. The van der Waals surface area contributed by atoms with Gasteiger partial charge in [-0.3, -0.25) is 15.1 Å². The highest BCUT2D eigenvalue weighted by Crippen LogP contribution is 2.24. The van der Waals surface area contributed by atoms with Crippen LogP contribution in [-0.2, 0) is 17.8 Å². The van der Waals surface area contributed by atoms with Crippen LogP contribution in [0.15, 0.2) is 91.3 Å². The van der Waals surface area contributed by atoms with Crippen molar-refractivity contribution in [3.8, 4) is 0 Å². The van der Waals surface area contributed by atoms with Crippen molar-refractivity contribution in [3.63, 3.8) is 0 Å². The maximum atomic E-state index is 13.4. The topological polar surface area (TPSA) is 113 Å². The van der Waals surface area contributed by atoms with E-state index in [0.717, 1.165) is 27.9 Å². The highest BCUT2D eigenvalue weighted by molar-refractivity contribution is 6.06. The number of amides is 4. The zero-order chi connectivity index (χ0) is 31.0. The molecule has 0 unspecified atom stereocenters. The van der Waals surface area contributed by atoms with Gasteiger partial charge in [0, 0.05) is 36.7 Å². The summed E-state index contributed by atoms with van der Waals surface area (Å²) in [6.45, 7) is 10.0. The van der Waals surface area contributed by atoms with E-state index in [1.54, 1.807) is 74.5 Å². The number of pyridine rings is 1. The third-order valence-electron chi connectivity index (χ3n) is 6.66. The molecule has 0 saturated carbocycles. The minimum atomic E-state index is -0.655. The molecule has 3 aromatic carbocycles. The van der Waals surface area contributed by atoms with Crippen LogP contribution in [-0.4, -0.2) is 33.5 Å². The van der Waals surface area contributed by atoms with Crippen molar-refractivity contribution >= 4 is 35.1 Å². The van der Waals surface area contributed by atoms with E-state index >= 15 is 0 Å². The summed E-state index contributed by atoms with van der Waals surface area (Å²) < 4.78 is 5.33. The molecule has 0 bridgehead atoms. The quantitative estimate of drug-likeness (QED) is 0.200. The lowest BCUT2D eigenvalue weighted by molar-refractivity contribution is 0.0635. The van der Waals surface area contributed by atoms with Crippen LogP contribution in [0.3, 0.4) is 0 Å². The lowest BCUT2D eigenvalue weighted by Gasteiger charge is -2.24. The molecule has 1 aromatic heterocycles. The van der Waals surface area contributed by atoms with Gasteiger partial charge in [0.15, 0.2) is 0 Å². The van der Waals surface area contributed by atoms with Crippen LogP contribution in [0.4, 0.5) is 26.7 Å². The van der Waals surface area contributed by atoms with E-state index in [0.29, 0.717) is 30.0 Å². The third kappa shape index (κ3) is 8.90. The maximum absolute atomic E-state index is 13.4. The van der Waals surface area contributed by atoms with Crippen molar-refractivity contribution in [1.29, 1.82) is 0 Å². The highest BCUT2D eigenvalue weighted by Gasteiger charge is 2.19. The van der Waals surface area contributed by atoms with Crippen LogP contribution in [0.25, 0.3) is 0 Å². The second-order valence-corrected chi connectivity index (χ2v) is 11.2. The Kier molecular flexibility index (Phi) is 9.77. The predicted octanol–water partition coefficient (Wildman–Crippen LogP) is 7.53. The first-order valence-corrected chi connectivity index (χ1v) is 14.0. The van der Waals surface area contributed by atoms with E-state index in [2.05, 4.69) is 20.9 Å². The average Bonchev–Trinajstić information content (AvgIpc) is 2.96. The molecule has 9 nitrogen and oxygen atoms in total. The molecule has 1 heterocycles. The van der Waals surface area contributed by atoms with Gasteiger partial charge in [0.25, 0.3) is 5.91 Å². The van der Waals surface area contributed by atoms with Crippen LogP contribution < -0.4 is 16.0 Å². The molecule has 4 amide bonds. The highest BCUT2D eigenvalue weighted by atomic mass is 16.6. The van der Waals surface area contributed by atoms with Crippen molar-refractivity contribution in [1.82, 2.24) is 9.88 Å². The second-order valence-electron chi connectivity index (χ2n) is 11.2. The van der Waals surface area contributed by atoms with Gasteiger partial charge in [0.2, 0.25) is 0 Å². The molecule has 0 aliphatic heterocycles. The molecule has 4 rings (SSSR count). The van der Waals surface area contributed by atoms with Gasteiger partial charge in [-0.25, -0.2) is 9.59 Å². The number of aromatic nitrogens is 1. The molecule has 4 aromatic rings. The summed E-state index contributed by atoms with van der Waals surface area (Å²) in [4.78, 5) is 44.6. The Balaban J connectivity index is 1.46. The number of nitrogens with zero attached hydrogens (tertiary/aromatic N) is 2. The first-order chi connectivity index (χ1) is 20.5. The van der Waals surface area contributed by atoms with Gasteiger partial charge < -0.3 is 20.3 Å². The molecule has 3 N–H and O–H groups in total. The van der Waals surface area contributed by atoms with E-state index in [1.165, 1.54) is 0 Å². The molecule has 0 aliphatic rings. The van der Waals surface area contributed by atoms with Crippen molar-refractivity contribution in [2.45, 2.75) is 53.3 Å². The fourth-order valence-corrected chi connectivity index (χ4v) is 4.28. The molecule has 43 heavy (non-hydrogen) atoms. The van der Waals surface area contributed by atoms with Gasteiger partial charge in [-0.1, -0.05) is 36.4 Å². The zero-order valence-electron chi connectivity index (χ0n) is 25.1. The van der Waals surface area contributed by atoms with Crippen LogP contribution in [0.1, 0.15) is 53.4 Å². The summed E-state index contributed by atoms with van der Waals surface area (Å²) in [5, 5.41) is 8.59. The van der Waals surface area contributed by atoms with Crippen LogP contribution in [0, 0.1) is 13.8 Å². The first kappa shape index (κ1) is 30.8. The molecule has 0 radical (unpaired) electrons. The van der Waals surface area contributed by atoms with Crippen molar-refractivity contribution in [3.05, 3.63) is 119 Å². The lowest BCUT2D eigenvalue weighted by atomic mass is 10.1. The Bertz CT molecular complexity index is 1580. The van der Waals surface area contributed by atoms with Gasteiger partial charge in [-0.2, -0.15) is 0 Å². The summed E-state index contributed by atoms with van der Waals surface area (Å²) >= 11 is 0. The fraction of sp³-hybridized carbons (Fsp3) is 0.235. The molecule has 0 saturated heterocycles. The largest absolute Gasteiger partial charge is 0.444 e. The number of para-hydroxylation sites is 2. The van der Waals surface area contributed by atoms with E-state index in [4.69, 9.17) is 4.74 Å². The Morgan fingerprint density at radius 2 is 1.30 bits per heavy atom. The van der Waals surface area contributed by atoms with Gasteiger partial charge in [-0.05, 0) is 99.3 Å². The standard InChI is InChI=1S/C34H37N5O4/c1-23-9-8-12-28(24(23)2)37-32(41)39(22-26-17-19-35-20-18-26)21-25-13-15-27(16-14-25)31(40)36-29-10-6-7-11-30(29)38-33(42)43-34(3,4)5/h6-20H,21-22H2,1-5H3,(H,36,40)(H,37,41)(H,38,42). The van der Waals surface area contributed by atoms with Gasteiger partial charge in [-0.15, -0.1) is 0 Å². The number of aryl methyl sites for hydroxylation is 1. The van der Waals surface area contributed by atoms with Crippen molar-refractivity contribution < 1.29 is 19.1 Å². The summed E-state index contributed by atoms with van der Waals surface area (Å²) in [5.74, 6) is -0.341. The normalized spacial score (nSPS) is 10.9. The summed E-state index contributed by atoms with van der Waals surface area (Å²) in [6, 6.07) is 23.3. The minimum Gasteiger partial charge on any atom is -0.444 e. The summed E-state index contributed by atoms with van der Waals surface area (Å²) in [7, 11) is 0. The number of carbonyl (C=O) groups excluding carboxylic acids is 3. The molecule has 9 heteroatoms. The van der Waals surface area contributed by atoms with E-state index in [9.17, 15) is 14.4 Å². The van der Waals surface area contributed by atoms with Crippen LogP contribution in [0.2, 0.25) is 0 Å². The molecule has 0 spiro atoms. The predicted molar refractivity (Wildman–Crippen MR) is 169 cm³/mol. The Hall–Kier alpha value is -5.18. The van der Waals surface area contributed by atoms with Crippen molar-refractivity contribution in [2.24, 2.45) is 0 Å². The number of nitrogens with one attached hydrogen (secondary N) is 3. The summed E-state index contributed by atoms with van der Waals surface area (Å²) in [5.41, 5.74) is 5.30. The number of benzene rings is 3. The Labute approximate surface area is 252 Å². The Morgan fingerprint density at radius 3 is 1.93 bits per heavy atom. The molecule has 222 valence electrons. The number of anilines is 3. The van der Waals surface area contributed by atoms with E-state index < -0.39 is 11.7 Å². The number of hydrogen-bond acceptors (Lipinski definition) is 5. The SMILES string of the molecule is Cc1cccc(NC(=O)N(Cc2ccncc2)Cc2ccc(C(=O)Nc3ccccc3NC(=O)OC(C)(C)C)cc2)c1C. The minimum absolute atomic E-state index is 0.235. The van der Waals surface area contributed by atoms with Crippen LogP contribution in [0.5, 0.6) is 0 Å². The first-order valence-electron chi connectivity index (χ1n) is 14.0. The average molecular weight is 580 g/mol. The monoisotopic (exact) mass is 579 g/mol. The fourth-order valence-electron chi connectivity index (χ4n) is 4.28. The van der Waals surface area contributed by atoms with E-state index in [-0.39, 0.29) is 11.9 Å². The number of urea groups is 1. The third-order valence-corrected chi connectivity index (χ3v) is 6.66. The molecule has 0 aliphatic carbocycles. The van der Waals surface area contributed by atoms with Crippen LogP contribution >= 0.6 is 0 Å². The lowest BCUT2D eigenvalue weighted by Crippen LogP contribution is -2.34. The van der Waals surface area contributed by atoms with E-state index in [1.807, 2.05) is 56.3 Å². The number of hydrogen-bond donors (Lipinski definition) is 3. The molecule has 0 fully saturated rings.